The lowest BCUT2D eigenvalue weighted by atomic mass is 9.86. The van der Waals surface area contributed by atoms with Gasteiger partial charge in [0.25, 0.3) is 5.91 Å². The van der Waals surface area contributed by atoms with Crippen LogP contribution in [0.4, 0.5) is 0 Å². The number of hydrogen-bond acceptors (Lipinski definition) is 4. The topological polar surface area (TPSA) is 75.6 Å². The Morgan fingerprint density at radius 3 is 2.71 bits per heavy atom. The van der Waals surface area contributed by atoms with Gasteiger partial charge in [0.15, 0.2) is 0 Å². The number of amides is 1. The molecule has 0 atom stereocenters. The van der Waals surface area contributed by atoms with Crippen molar-refractivity contribution >= 4 is 23.2 Å². The Labute approximate surface area is 127 Å². The molecule has 0 saturated heterocycles. The molecule has 2 heterocycles. The molecular weight excluding hydrogens is 290 g/mol. The summed E-state index contributed by atoms with van der Waals surface area (Å²) in [6, 6.07) is 2.03. The quantitative estimate of drug-likeness (QED) is 0.897. The van der Waals surface area contributed by atoms with E-state index in [1.165, 1.54) is 4.88 Å². The van der Waals surface area contributed by atoms with Gasteiger partial charge in [-0.2, -0.15) is 0 Å². The number of thiophene rings is 1. The highest BCUT2D eigenvalue weighted by atomic mass is 32.1. The van der Waals surface area contributed by atoms with Crippen LogP contribution in [0.25, 0.3) is 0 Å². The zero-order valence-electron chi connectivity index (χ0n) is 11.8. The number of carbonyl (C=O) groups excluding carboxylic acids is 1. The van der Waals surface area contributed by atoms with Gasteiger partial charge in [0.05, 0.1) is 24.0 Å². The van der Waals surface area contributed by atoms with Gasteiger partial charge in [-0.1, -0.05) is 0 Å². The van der Waals surface area contributed by atoms with Gasteiger partial charge in [-0.15, -0.1) is 11.3 Å². The molecular formula is C15H19NO4S. The summed E-state index contributed by atoms with van der Waals surface area (Å²) in [5.74, 6) is -0.997. The second-order valence-electron chi connectivity index (χ2n) is 5.72. The third-order valence-electron chi connectivity index (χ3n) is 4.26. The van der Waals surface area contributed by atoms with Gasteiger partial charge >= 0.3 is 5.97 Å². The van der Waals surface area contributed by atoms with Crippen molar-refractivity contribution < 1.29 is 19.4 Å². The molecule has 1 aliphatic heterocycles. The average Bonchev–Trinajstić information content (AvgIpc) is 2.92. The van der Waals surface area contributed by atoms with E-state index in [9.17, 15) is 9.59 Å². The first-order valence-electron chi connectivity index (χ1n) is 7.36. The molecule has 0 unspecified atom stereocenters. The van der Waals surface area contributed by atoms with E-state index in [2.05, 4.69) is 5.32 Å². The Balaban J connectivity index is 1.57. The Hall–Kier alpha value is -1.40. The monoisotopic (exact) mass is 309 g/mol. The van der Waals surface area contributed by atoms with Gasteiger partial charge in [0.2, 0.25) is 0 Å². The molecule has 0 bridgehead atoms. The van der Waals surface area contributed by atoms with Crippen LogP contribution in [-0.2, 0) is 22.6 Å². The maximum atomic E-state index is 12.3. The second-order valence-corrected chi connectivity index (χ2v) is 6.86. The minimum atomic E-state index is -0.717. The maximum absolute atomic E-state index is 12.3. The minimum absolute atomic E-state index is 0.0341. The zero-order valence-corrected chi connectivity index (χ0v) is 12.6. The van der Waals surface area contributed by atoms with E-state index in [1.807, 2.05) is 6.07 Å². The Bertz CT molecular complexity index is 522. The van der Waals surface area contributed by atoms with Gasteiger partial charge in [-0.05, 0) is 37.3 Å². The SMILES string of the molecule is O=C(NC1CCC(C(=O)O)CC1)c1cc2c(s1)CCOC2. The first kappa shape index (κ1) is 14.5. The number of fused-ring (bicyclic) bond motifs is 1. The maximum Gasteiger partial charge on any atom is 0.306 e. The molecule has 1 aromatic rings. The second kappa shape index (κ2) is 6.15. The highest BCUT2D eigenvalue weighted by Crippen LogP contribution is 2.28. The number of aliphatic carboxylic acids is 1. The van der Waals surface area contributed by atoms with Crippen molar-refractivity contribution in [1.29, 1.82) is 0 Å². The van der Waals surface area contributed by atoms with Crippen LogP contribution in [0, 0.1) is 5.92 Å². The average molecular weight is 309 g/mol. The van der Waals surface area contributed by atoms with E-state index in [4.69, 9.17) is 9.84 Å². The Morgan fingerprint density at radius 2 is 2.05 bits per heavy atom. The summed E-state index contributed by atoms with van der Waals surface area (Å²) in [7, 11) is 0. The van der Waals surface area contributed by atoms with Crippen LogP contribution in [-0.4, -0.2) is 29.6 Å². The summed E-state index contributed by atoms with van der Waals surface area (Å²) in [6.45, 7) is 1.33. The van der Waals surface area contributed by atoms with E-state index in [-0.39, 0.29) is 17.9 Å². The van der Waals surface area contributed by atoms with Crippen molar-refractivity contribution in [1.82, 2.24) is 5.32 Å². The summed E-state index contributed by atoms with van der Waals surface area (Å²) in [5.41, 5.74) is 1.13. The Kier molecular flexibility index (Phi) is 4.26. The molecule has 3 rings (SSSR count). The van der Waals surface area contributed by atoms with E-state index >= 15 is 0 Å². The fourth-order valence-corrected chi connectivity index (χ4v) is 4.05. The van der Waals surface area contributed by atoms with Gasteiger partial charge in [0, 0.05) is 17.3 Å². The number of carbonyl (C=O) groups is 2. The number of ether oxygens (including phenoxy) is 1. The van der Waals surface area contributed by atoms with Crippen LogP contribution in [0.5, 0.6) is 0 Å². The number of nitrogens with one attached hydrogen (secondary N) is 1. The molecule has 0 aromatic carbocycles. The summed E-state index contributed by atoms with van der Waals surface area (Å²) >= 11 is 1.55. The molecule has 1 aromatic heterocycles. The smallest absolute Gasteiger partial charge is 0.306 e. The summed E-state index contributed by atoms with van der Waals surface area (Å²) < 4.78 is 5.39. The predicted molar refractivity (Wildman–Crippen MR) is 78.5 cm³/mol. The lowest BCUT2D eigenvalue weighted by molar-refractivity contribution is -0.142. The molecule has 0 spiro atoms. The lowest BCUT2D eigenvalue weighted by Gasteiger charge is -2.26. The first-order chi connectivity index (χ1) is 10.1. The number of rotatable bonds is 3. The Morgan fingerprint density at radius 1 is 1.29 bits per heavy atom. The van der Waals surface area contributed by atoms with Crippen LogP contribution in [0.15, 0.2) is 6.07 Å². The van der Waals surface area contributed by atoms with Crippen LogP contribution in [0.1, 0.15) is 45.8 Å². The fraction of sp³-hybridized carbons (Fsp3) is 0.600. The highest BCUT2D eigenvalue weighted by molar-refractivity contribution is 7.14. The number of hydrogen-bond donors (Lipinski definition) is 2. The van der Waals surface area contributed by atoms with E-state index < -0.39 is 5.97 Å². The van der Waals surface area contributed by atoms with Crippen LogP contribution >= 0.6 is 11.3 Å². The largest absolute Gasteiger partial charge is 0.481 e. The third kappa shape index (κ3) is 3.27. The van der Waals surface area contributed by atoms with Crippen LogP contribution in [0.2, 0.25) is 0 Å². The fourth-order valence-electron chi connectivity index (χ4n) is 3.00. The van der Waals surface area contributed by atoms with Gasteiger partial charge in [-0.3, -0.25) is 9.59 Å². The van der Waals surface area contributed by atoms with E-state index in [0.717, 1.165) is 36.3 Å². The molecule has 5 nitrogen and oxygen atoms in total. The van der Waals surface area contributed by atoms with E-state index in [0.29, 0.717) is 19.4 Å². The molecule has 1 fully saturated rings. The summed E-state index contributed by atoms with van der Waals surface area (Å²) in [5, 5.41) is 12.0. The zero-order chi connectivity index (χ0) is 14.8. The predicted octanol–water partition coefficient (Wildman–Crippen LogP) is 2.19. The molecule has 6 heteroatoms. The van der Waals surface area contributed by atoms with Crippen molar-refractivity contribution in [3.05, 3.63) is 21.4 Å². The number of carboxylic acids is 1. The normalized spacial score (nSPS) is 25.1. The molecule has 1 saturated carbocycles. The number of carboxylic acid groups (broad SMARTS) is 1. The molecule has 0 radical (unpaired) electrons. The van der Waals surface area contributed by atoms with Crippen molar-refractivity contribution in [2.45, 2.75) is 44.8 Å². The lowest BCUT2D eigenvalue weighted by Crippen LogP contribution is -2.38. The molecule has 21 heavy (non-hydrogen) atoms. The highest BCUT2D eigenvalue weighted by Gasteiger charge is 2.27. The molecule has 1 amide bonds. The molecule has 1 aliphatic carbocycles. The van der Waals surface area contributed by atoms with Crippen molar-refractivity contribution in [2.24, 2.45) is 5.92 Å². The third-order valence-corrected chi connectivity index (χ3v) is 5.50. The van der Waals surface area contributed by atoms with Crippen molar-refractivity contribution in [2.75, 3.05) is 6.61 Å². The van der Waals surface area contributed by atoms with Gasteiger partial charge in [-0.25, -0.2) is 0 Å². The van der Waals surface area contributed by atoms with Gasteiger partial charge in [0.1, 0.15) is 0 Å². The molecule has 2 aliphatic rings. The standard InChI is InChI=1S/C15H19NO4S/c17-14(13-7-10-8-20-6-5-12(10)21-13)16-11-3-1-9(2-4-11)15(18)19/h7,9,11H,1-6,8H2,(H,16,17)(H,18,19). The van der Waals surface area contributed by atoms with E-state index in [1.54, 1.807) is 11.3 Å². The molecule has 114 valence electrons. The summed E-state index contributed by atoms with van der Waals surface area (Å²) in [4.78, 5) is 25.2. The summed E-state index contributed by atoms with van der Waals surface area (Å²) in [6.07, 6.45) is 3.68. The minimum Gasteiger partial charge on any atom is -0.481 e. The van der Waals surface area contributed by atoms with Crippen molar-refractivity contribution in [3.8, 4) is 0 Å². The van der Waals surface area contributed by atoms with Crippen molar-refractivity contribution in [3.63, 3.8) is 0 Å². The molecule has 2 N–H and O–H groups in total. The van der Waals surface area contributed by atoms with Gasteiger partial charge < -0.3 is 15.2 Å². The first-order valence-corrected chi connectivity index (χ1v) is 8.18. The van der Waals surface area contributed by atoms with Crippen LogP contribution < -0.4 is 5.32 Å². The van der Waals surface area contributed by atoms with Crippen LogP contribution in [0.3, 0.4) is 0 Å².